The number of amides is 3. The Bertz CT molecular complexity index is 593. The molecule has 2 aliphatic carbocycles. The number of thioether (sulfide) groups is 1. The summed E-state index contributed by atoms with van der Waals surface area (Å²) in [7, 11) is 0. The molecule has 0 aromatic carbocycles. The van der Waals surface area contributed by atoms with Gasteiger partial charge in [0.1, 0.15) is 0 Å². The number of fused-ring (bicyclic) bond motifs is 2. The van der Waals surface area contributed by atoms with Gasteiger partial charge < -0.3 is 11.1 Å². The first kappa shape index (κ1) is 16.5. The summed E-state index contributed by atoms with van der Waals surface area (Å²) in [6, 6.07) is -0.309. The van der Waals surface area contributed by atoms with E-state index in [1.54, 1.807) is 0 Å². The lowest BCUT2D eigenvalue weighted by Crippen LogP contribution is -2.47. The second kappa shape index (κ2) is 7.04. The maximum atomic E-state index is 11.9. The van der Waals surface area contributed by atoms with Crippen molar-refractivity contribution in [2.24, 2.45) is 17.8 Å². The zero-order valence-corrected chi connectivity index (χ0v) is 14.6. The van der Waals surface area contributed by atoms with Crippen LogP contribution < -0.4 is 16.4 Å². The summed E-state index contributed by atoms with van der Waals surface area (Å²) in [6.45, 7) is 2.04. The van der Waals surface area contributed by atoms with Gasteiger partial charge in [-0.2, -0.15) is 0 Å². The van der Waals surface area contributed by atoms with Crippen molar-refractivity contribution in [3.63, 3.8) is 0 Å². The first-order valence-corrected chi connectivity index (χ1v) is 9.63. The van der Waals surface area contributed by atoms with Crippen molar-refractivity contribution in [1.29, 1.82) is 0 Å². The Labute approximate surface area is 143 Å². The second-order valence-electron chi connectivity index (χ2n) is 6.34. The number of nitrogens with zero attached hydrogens (tertiary/aromatic N) is 2. The van der Waals surface area contributed by atoms with E-state index in [2.05, 4.69) is 20.8 Å². The van der Waals surface area contributed by atoms with E-state index >= 15 is 0 Å². The Balaban J connectivity index is 1.39. The van der Waals surface area contributed by atoms with Crippen LogP contribution in [-0.2, 0) is 4.79 Å². The van der Waals surface area contributed by atoms with Crippen LogP contribution in [0.1, 0.15) is 32.6 Å². The number of carbonyl (C=O) groups excluding carboxylic acids is 2. The number of aromatic nitrogens is 2. The number of urea groups is 1. The molecule has 4 unspecified atom stereocenters. The van der Waals surface area contributed by atoms with Gasteiger partial charge in [-0.1, -0.05) is 29.5 Å². The van der Waals surface area contributed by atoms with Crippen molar-refractivity contribution in [3.05, 3.63) is 0 Å². The molecular formula is C14H21N5O2S2. The highest BCUT2D eigenvalue weighted by Crippen LogP contribution is 2.49. The number of hydrogen-bond acceptors (Lipinski definition) is 7. The first-order valence-electron chi connectivity index (χ1n) is 7.83. The first-order chi connectivity index (χ1) is 11.0. The van der Waals surface area contributed by atoms with Crippen LogP contribution in [0.5, 0.6) is 0 Å². The molecule has 4 atom stereocenters. The second-order valence-corrected chi connectivity index (χ2v) is 8.58. The van der Waals surface area contributed by atoms with Crippen LogP contribution in [0, 0.1) is 17.8 Å². The smallest absolute Gasteiger partial charge is 0.321 e. The SMILES string of the molecule is CC(NC(=O)NC(=O)CSc1nnc(N)s1)C1CC2CCC1C2. The van der Waals surface area contributed by atoms with Gasteiger partial charge in [-0.15, -0.1) is 10.2 Å². The molecule has 2 fully saturated rings. The molecule has 1 aromatic heterocycles. The summed E-state index contributed by atoms with van der Waals surface area (Å²) < 4.78 is 0.619. The van der Waals surface area contributed by atoms with Gasteiger partial charge in [0, 0.05) is 6.04 Å². The lowest BCUT2D eigenvalue weighted by molar-refractivity contribution is -0.117. The highest BCUT2D eigenvalue weighted by molar-refractivity contribution is 8.01. The third kappa shape index (κ3) is 4.14. The molecule has 4 N–H and O–H groups in total. The third-order valence-corrected chi connectivity index (χ3v) is 6.68. The van der Waals surface area contributed by atoms with Crippen molar-refractivity contribution in [3.8, 4) is 0 Å². The van der Waals surface area contributed by atoms with Crippen LogP contribution in [0.15, 0.2) is 4.34 Å². The van der Waals surface area contributed by atoms with E-state index in [1.165, 1.54) is 48.8 Å². The Hall–Kier alpha value is -1.35. The average molecular weight is 355 g/mol. The maximum Gasteiger partial charge on any atom is 0.321 e. The Kier molecular flexibility index (Phi) is 5.05. The molecule has 126 valence electrons. The molecule has 0 saturated heterocycles. The number of nitrogens with two attached hydrogens (primary N) is 1. The van der Waals surface area contributed by atoms with Crippen LogP contribution in [0.3, 0.4) is 0 Å². The number of rotatable bonds is 5. The lowest BCUT2D eigenvalue weighted by Gasteiger charge is -2.28. The van der Waals surface area contributed by atoms with Gasteiger partial charge >= 0.3 is 6.03 Å². The molecule has 0 aliphatic heterocycles. The number of hydrogen-bond donors (Lipinski definition) is 3. The zero-order chi connectivity index (χ0) is 16.4. The van der Waals surface area contributed by atoms with Crippen LogP contribution in [0.2, 0.25) is 0 Å². The summed E-state index contributed by atoms with van der Waals surface area (Å²) in [5.41, 5.74) is 5.47. The van der Waals surface area contributed by atoms with E-state index in [4.69, 9.17) is 5.73 Å². The molecule has 23 heavy (non-hydrogen) atoms. The fourth-order valence-corrected chi connectivity index (χ4v) is 5.26. The van der Waals surface area contributed by atoms with Crippen LogP contribution >= 0.6 is 23.1 Å². The topological polar surface area (TPSA) is 110 Å². The molecule has 7 nitrogen and oxygen atoms in total. The summed E-state index contributed by atoms with van der Waals surface area (Å²) in [4.78, 5) is 23.7. The highest BCUT2D eigenvalue weighted by Gasteiger charge is 2.42. The van der Waals surface area contributed by atoms with Crippen LogP contribution in [0.4, 0.5) is 9.93 Å². The summed E-state index contributed by atoms with van der Waals surface area (Å²) in [6.07, 6.45) is 5.13. The molecule has 2 aliphatic rings. The van der Waals surface area contributed by atoms with E-state index in [0.717, 1.165) is 11.8 Å². The average Bonchev–Trinajstić information content (AvgIpc) is 3.21. The van der Waals surface area contributed by atoms with Gasteiger partial charge in [-0.05, 0) is 43.9 Å². The largest absolute Gasteiger partial charge is 0.374 e. The van der Waals surface area contributed by atoms with Gasteiger partial charge in [-0.3, -0.25) is 10.1 Å². The maximum absolute atomic E-state index is 11.9. The van der Waals surface area contributed by atoms with Gasteiger partial charge in [-0.25, -0.2) is 4.79 Å². The van der Waals surface area contributed by atoms with Crippen molar-refractivity contribution in [1.82, 2.24) is 20.8 Å². The van der Waals surface area contributed by atoms with Gasteiger partial charge in [0.2, 0.25) is 11.0 Å². The van der Waals surface area contributed by atoms with Crippen LogP contribution in [-0.4, -0.2) is 33.9 Å². The minimum absolute atomic E-state index is 0.105. The highest BCUT2D eigenvalue weighted by atomic mass is 32.2. The molecule has 1 aromatic rings. The van der Waals surface area contributed by atoms with Crippen molar-refractivity contribution >= 4 is 40.2 Å². The predicted octanol–water partition coefficient (Wildman–Crippen LogP) is 1.86. The molecule has 3 rings (SSSR count). The van der Waals surface area contributed by atoms with E-state index in [0.29, 0.717) is 15.4 Å². The normalized spacial score (nSPS) is 26.9. The molecule has 0 spiro atoms. The van der Waals surface area contributed by atoms with Crippen LogP contribution in [0.25, 0.3) is 0 Å². The number of nitrogen functional groups attached to an aromatic ring is 1. The number of nitrogens with one attached hydrogen (secondary N) is 2. The minimum Gasteiger partial charge on any atom is -0.374 e. The molecule has 9 heteroatoms. The third-order valence-electron chi connectivity index (χ3n) is 4.80. The molecule has 0 radical (unpaired) electrons. The molecule has 1 heterocycles. The van der Waals surface area contributed by atoms with E-state index < -0.39 is 6.03 Å². The Morgan fingerprint density at radius 3 is 2.83 bits per heavy atom. The van der Waals surface area contributed by atoms with Gasteiger partial charge in [0.05, 0.1) is 5.75 Å². The quantitative estimate of drug-likeness (QED) is 0.696. The van der Waals surface area contributed by atoms with Gasteiger partial charge in [0.15, 0.2) is 4.34 Å². The van der Waals surface area contributed by atoms with Crippen molar-refractivity contribution in [2.75, 3.05) is 11.5 Å². The Morgan fingerprint density at radius 2 is 2.22 bits per heavy atom. The number of imide groups is 1. The van der Waals surface area contributed by atoms with E-state index in [-0.39, 0.29) is 17.7 Å². The Morgan fingerprint density at radius 1 is 1.39 bits per heavy atom. The molecule has 3 amide bonds. The number of anilines is 1. The van der Waals surface area contributed by atoms with Crippen molar-refractivity contribution < 1.29 is 9.59 Å². The summed E-state index contributed by atoms with van der Waals surface area (Å²) in [5.74, 6) is 1.90. The van der Waals surface area contributed by atoms with Gasteiger partial charge in [0.25, 0.3) is 0 Å². The van der Waals surface area contributed by atoms with E-state index in [1.807, 2.05) is 6.92 Å². The molecular weight excluding hydrogens is 334 g/mol. The zero-order valence-electron chi connectivity index (χ0n) is 12.9. The minimum atomic E-state index is -0.414. The molecule has 2 saturated carbocycles. The van der Waals surface area contributed by atoms with E-state index in [9.17, 15) is 9.59 Å². The summed E-state index contributed by atoms with van der Waals surface area (Å²) in [5, 5.41) is 13.1. The van der Waals surface area contributed by atoms with Crippen molar-refractivity contribution in [2.45, 2.75) is 43.0 Å². The fraction of sp³-hybridized carbons (Fsp3) is 0.714. The number of carbonyl (C=O) groups is 2. The molecule has 2 bridgehead atoms. The predicted molar refractivity (Wildman–Crippen MR) is 90.1 cm³/mol. The lowest BCUT2D eigenvalue weighted by atomic mass is 9.84. The standard InChI is InChI=1S/C14H21N5O2S2/c1-7(10-5-8-2-3-9(10)4-8)16-13(21)17-11(20)6-22-14-19-18-12(15)23-14/h7-10H,2-6H2,1H3,(H2,15,18)(H2,16,17,20,21). The fourth-order valence-electron chi connectivity index (χ4n) is 3.82. The summed E-state index contributed by atoms with van der Waals surface area (Å²) >= 11 is 2.44. The monoisotopic (exact) mass is 355 g/mol.